The van der Waals surface area contributed by atoms with E-state index in [0.717, 1.165) is 16.7 Å². The maximum atomic E-state index is 13.6. The number of hydrogen-bond donors (Lipinski definition) is 2. The summed E-state index contributed by atoms with van der Waals surface area (Å²) in [7, 11) is 0. The van der Waals surface area contributed by atoms with Crippen molar-refractivity contribution >= 4 is 23.5 Å². The molecule has 0 aliphatic carbocycles. The second kappa shape index (κ2) is 9.75. The molecule has 0 radical (unpaired) electrons. The monoisotopic (exact) mass is 411 g/mol. The highest BCUT2D eigenvalue weighted by Gasteiger charge is 2.08. The Kier molecular flexibility index (Phi) is 6.86. The normalized spacial score (nSPS) is 10.8. The van der Waals surface area contributed by atoms with Crippen molar-refractivity contribution in [1.29, 1.82) is 0 Å². The first-order valence-electron chi connectivity index (χ1n) is 8.83. The molecule has 3 rings (SSSR count). The number of nitrogens with one attached hydrogen (secondary N) is 1. The van der Waals surface area contributed by atoms with Gasteiger partial charge in [0, 0.05) is 6.42 Å². The van der Waals surface area contributed by atoms with E-state index in [2.05, 4.69) is 10.5 Å². The lowest BCUT2D eigenvalue weighted by molar-refractivity contribution is 0.303. The first-order valence-corrected chi connectivity index (χ1v) is 9.23. The van der Waals surface area contributed by atoms with Crippen LogP contribution in [0.4, 0.5) is 8.78 Å². The molecule has 29 heavy (non-hydrogen) atoms. The van der Waals surface area contributed by atoms with Gasteiger partial charge in [0.25, 0.3) is 0 Å². The zero-order valence-corrected chi connectivity index (χ0v) is 16.3. The topological polar surface area (TPSA) is 59.6 Å². The Labute approximate surface area is 173 Å². The minimum absolute atomic E-state index is 0.0660. The Hall–Kier alpha value is -3.32. The molecule has 3 aromatic rings. The molecule has 0 aliphatic heterocycles. The second-order valence-corrected chi connectivity index (χ2v) is 6.77. The third kappa shape index (κ3) is 6.36. The average Bonchev–Trinajstić information content (AvgIpc) is 2.67. The largest absolute Gasteiger partial charge is 0.489 e. The van der Waals surface area contributed by atoms with Gasteiger partial charge < -0.3 is 10.5 Å². The van der Waals surface area contributed by atoms with Crippen LogP contribution in [-0.2, 0) is 13.0 Å². The van der Waals surface area contributed by atoms with Gasteiger partial charge in [-0.2, -0.15) is 5.10 Å². The van der Waals surface area contributed by atoms with Crippen LogP contribution in [0.2, 0.25) is 0 Å². The van der Waals surface area contributed by atoms with Crippen LogP contribution in [0.15, 0.2) is 71.8 Å². The molecule has 0 unspecified atom stereocenters. The van der Waals surface area contributed by atoms with Crippen molar-refractivity contribution in [2.45, 2.75) is 13.0 Å². The first kappa shape index (κ1) is 20.4. The molecule has 0 saturated heterocycles. The Morgan fingerprint density at radius 2 is 1.69 bits per heavy atom. The van der Waals surface area contributed by atoms with Crippen molar-refractivity contribution in [1.82, 2.24) is 5.43 Å². The minimum Gasteiger partial charge on any atom is -0.489 e. The first-order chi connectivity index (χ1) is 14.0. The van der Waals surface area contributed by atoms with E-state index in [1.807, 2.05) is 18.2 Å². The summed E-state index contributed by atoms with van der Waals surface area (Å²) in [5.74, 6) is 0.00374. The fraction of sp³-hybridized carbons (Fsp3) is 0.0909. The summed E-state index contributed by atoms with van der Waals surface area (Å²) >= 11 is 4.72. The van der Waals surface area contributed by atoms with Crippen molar-refractivity contribution in [3.05, 3.63) is 101 Å². The molecule has 148 valence electrons. The minimum atomic E-state index is -0.317. The van der Waals surface area contributed by atoms with Crippen LogP contribution in [0.25, 0.3) is 0 Å². The quantitative estimate of drug-likeness (QED) is 0.346. The molecule has 0 fully saturated rings. The summed E-state index contributed by atoms with van der Waals surface area (Å²) < 4.78 is 32.9. The molecular weight excluding hydrogens is 392 g/mol. The van der Waals surface area contributed by atoms with Gasteiger partial charge in [-0.3, -0.25) is 5.43 Å². The Balaban J connectivity index is 1.84. The molecule has 0 aromatic heterocycles. The van der Waals surface area contributed by atoms with Crippen LogP contribution in [0, 0.1) is 11.6 Å². The molecule has 3 N–H and O–H groups in total. The molecule has 0 spiro atoms. The molecular formula is C22H19F2N3OS. The van der Waals surface area contributed by atoms with Crippen LogP contribution in [0.5, 0.6) is 5.75 Å². The maximum Gasteiger partial charge on any atom is 0.184 e. The molecule has 0 atom stereocenters. The highest BCUT2D eigenvalue weighted by molar-refractivity contribution is 7.80. The smallest absolute Gasteiger partial charge is 0.184 e. The summed E-state index contributed by atoms with van der Waals surface area (Å²) in [6.07, 6.45) is 2.03. The fourth-order valence-corrected chi connectivity index (χ4v) is 2.84. The molecule has 0 aliphatic rings. The SMILES string of the molecule is NC(=S)NN=Cc1ccc(OCc2cccc(F)c2)c(Cc2cccc(F)c2)c1. The van der Waals surface area contributed by atoms with Gasteiger partial charge in [0.2, 0.25) is 0 Å². The summed E-state index contributed by atoms with van der Waals surface area (Å²) in [4.78, 5) is 0. The standard InChI is InChI=1S/C22H19F2N3OS/c23-19-5-1-3-15(11-19)9-18-10-16(13-26-27-22(25)29)7-8-21(18)28-14-17-4-2-6-20(24)12-17/h1-8,10-13H,9,14H2,(H3,25,27,29). The van der Waals surface area contributed by atoms with E-state index in [-0.39, 0.29) is 23.4 Å². The van der Waals surface area contributed by atoms with Gasteiger partial charge in [-0.25, -0.2) is 8.78 Å². The number of nitrogens with two attached hydrogens (primary N) is 1. The number of ether oxygens (including phenoxy) is 1. The molecule has 3 aromatic carbocycles. The zero-order chi connectivity index (χ0) is 20.6. The number of hydrogen-bond acceptors (Lipinski definition) is 3. The molecule has 4 nitrogen and oxygen atoms in total. The summed E-state index contributed by atoms with van der Waals surface area (Å²) in [6.45, 7) is 0.213. The summed E-state index contributed by atoms with van der Waals surface area (Å²) in [6, 6.07) is 18.1. The Bertz CT molecular complexity index is 1040. The third-order valence-corrected chi connectivity index (χ3v) is 4.13. The van der Waals surface area contributed by atoms with Gasteiger partial charge in [0.05, 0.1) is 6.21 Å². The molecule has 0 bridgehead atoms. The molecule has 0 amide bonds. The number of halogens is 2. The van der Waals surface area contributed by atoms with Gasteiger partial charge in [0.1, 0.15) is 24.0 Å². The highest BCUT2D eigenvalue weighted by Crippen LogP contribution is 2.24. The summed E-state index contributed by atoms with van der Waals surface area (Å²) in [5.41, 5.74) is 11.0. The Morgan fingerprint density at radius 3 is 2.38 bits per heavy atom. The van der Waals surface area contributed by atoms with Gasteiger partial charge in [0.15, 0.2) is 5.11 Å². The zero-order valence-electron chi connectivity index (χ0n) is 15.4. The third-order valence-electron chi connectivity index (χ3n) is 4.04. The van der Waals surface area contributed by atoms with Crippen LogP contribution < -0.4 is 15.9 Å². The predicted molar refractivity (Wildman–Crippen MR) is 114 cm³/mol. The van der Waals surface area contributed by atoms with Crippen molar-refractivity contribution < 1.29 is 13.5 Å². The lowest BCUT2D eigenvalue weighted by Gasteiger charge is -2.13. The lowest BCUT2D eigenvalue weighted by atomic mass is 10.0. The number of thiocarbonyl (C=S) groups is 1. The van der Waals surface area contributed by atoms with Crippen molar-refractivity contribution in [2.24, 2.45) is 10.8 Å². The molecule has 7 heteroatoms. The van der Waals surface area contributed by atoms with Gasteiger partial charge in [-0.15, -0.1) is 0 Å². The number of nitrogens with zero attached hydrogens (tertiary/aromatic N) is 1. The van der Waals surface area contributed by atoms with E-state index in [4.69, 9.17) is 22.7 Å². The number of benzene rings is 3. The Morgan fingerprint density at radius 1 is 1.00 bits per heavy atom. The maximum absolute atomic E-state index is 13.6. The number of rotatable bonds is 7. The van der Waals surface area contributed by atoms with E-state index in [1.165, 1.54) is 24.3 Å². The highest BCUT2D eigenvalue weighted by atomic mass is 32.1. The molecule has 0 heterocycles. The molecule has 0 saturated carbocycles. The van der Waals surface area contributed by atoms with Crippen molar-refractivity contribution in [3.63, 3.8) is 0 Å². The summed E-state index contributed by atoms with van der Waals surface area (Å²) in [5, 5.41) is 4.02. The van der Waals surface area contributed by atoms with Gasteiger partial charge in [-0.1, -0.05) is 24.3 Å². The van der Waals surface area contributed by atoms with Crippen LogP contribution in [0.3, 0.4) is 0 Å². The van der Waals surface area contributed by atoms with Crippen LogP contribution >= 0.6 is 12.2 Å². The van der Waals surface area contributed by atoms with E-state index < -0.39 is 0 Å². The predicted octanol–water partition coefficient (Wildman–Crippen LogP) is 4.30. The van der Waals surface area contributed by atoms with Crippen molar-refractivity contribution in [2.75, 3.05) is 0 Å². The number of hydrazone groups is 1. The fourth-order valence-electron chi connectivity index (χ4n) is 2.78. The lowest BCUT2D eigenvalue weighted by Crippen LogP contribution is -2.23. The van der Waals surface area contributed by atoms with E-state index in [1.54, 1.807) is 30.5 Å². The van der Waals surface area contributed by atoms with E-state index in [0.29, 0.717) is 17.7 Å². The van der Waals surface area contributed by atoms with Crippen LogP contribution in [0.1, 0.15) is 22.3 Å². The van der Waals surface area contributed by atoms with Gasteiger partial charge in [-0.05, 0) is 76.9 Å². The van der Waals surface area contributed by atoms with Crippen LogP contribution in [-0.4, -0.2) is 11.3 Å². The van der Waals surface area contributed by atoms with Gasteiger partial charge >= 0.3 is 0 Å². The van der Waals surface area contributed by atoms with E-state index in [9.17, 15) is 8.78 Å². The average molecular weight is 411 g/mol. The van der Waals surface area contributed by atoms with E-state index >= 15 is 0 Å². The van der Waals surface area contributed by atoms with Crippen molar-refractivity contribution in [3.8, 4) is 5.75 Å². The second-order valence-electron chi connectivity index (χ2n) is 6.33.